The van der Waals surface area contributed by atoms with E-state index in [0.717, 1.165) is 12.1 Å². The number of carbonyl (C=O) groups is 2. The standard InChI is InChI=1S/C19H28F2N4O2/c1-13(2)11-22-17(26)12-24-7-9-25(10-8-24)14(3)19(27)23-18-15(20)5-4-6-16(18)21/h4-6,13-14H,7-12H2,1-3H3,(H,22,26)(H,23,27). The molecule has 1 aromatic rings. The Bertz CT molecular complexity index is 641. The van der Waals surface area contributed by atoms with Crippen molar-refractivity contribution in [1.29, 1.82) is 0 Å². The molecular formula is C19H28F2N4O2. The van der Waals surface area contributed by atoms with Gasteiger partial charge >= 0.3 is 0 Å². The Morgan fingerprint density at radius 1 is 1.07 bits per heavy atom. The Balaban J connectivity index is 1.81. The second-order valence-corrected chi connectivity index (χ2v) is 7.27. The highest BCUT2D eigenvalue weighted by molar-refractivity contribution is 5.94. The molecule has 1 aliphatic heterocycles. The Labute approximate surface area is 158 Å². The normalized spacial score (nSPS) is 17.0. The zero-order chi connectivity index (χ0) is 20.0. The van der Waals surface area contributed by atoms with Gasteiger partial charge in [0.05, 0.1) is 12.6 Å². The number of piperazine rings is 1. The van der Waals surface area contributed by atoms with Crippen molar-refractivity contribution in [3.05, 3.63) is 29.8 Å². The molecule has 0 aromatic heterocycles. The lowest BCUT2D eigenvalue weighted by molar-refractivity contribution is -0.124. The summed E-state index contributed by atoms with van der Waals surface area (Å²) in [4.78, 5) is 28.2. The summed E-state index contributed by atoms with van der Waals surface area (Å²) < 4.78 is 27.4. The van der Waals surface area contributed by atoms with Crippen LogP contribution in [0.1, 0.15) is 20.8 Å². The minimum Gasteiger partial charge on any atom is -0.355 e. The van der Waals surface area contributed by atoms with E-state index in [1.807, 2.05) is 23.6 Å². The topological polar surface area (TPSA) is 64.7 Å². The predicted octanol–water partition coefficient (Wildman–Crippen LogP) is 1.68. The summed E-state index contributed by atoms with van der Waals surface area (Å²) in [5, 5.41) is 5.23. The molecule has 1 atom stereocenters. The SMILES string of the molecule is CC(C)CNC(=O)CN1CCN(C(C)C(=O)Nc2c(F)cccc2F)CC1. The number of benzene rings is 1. The lowest BCUT2D eigenvalue weighted by Gasteiger charge is -2.37. The summed E-state index contributed by atoms with van der Waals surface area (Å²) in [6.07, 6.45) is 0. The molecule has 27 heavy (non-hydrogen) atoms. The molecule has 0 saturated carbocycles. The molecule has 2 amide bonds. The van der Waals surface area contributed by atoms with E-state index in [0.29, 0.717) is 45.2 Å². The maximum Gasteiger partial charge on any atom is 0.241 e. The first-order valence-corrected chi connectivity index (χ1v) is 9.26. The highest BCUT2D eigenvalue weighted by Gasteiger charge is 2.27. The summed E-state index contributed by atoms with van der Waals surface area (Å²) >= 11 is 0. The van der Waals surface area contributed by atoms with Gasteiger partial charge in [0, 0.05) is 32.7 Å². The van der Waals surface area contributed by atoms with Gasteiger partial charge < -0.3 is 10.6 Å². The van der Waals surface area contributed by atoms with Crippen LogP contribution in [0.5, 0.6) is 0 Å². The number of carbonyl (C=O) groups excluding carboxylic acids is 2. The number of para-hydroxylation sites is 1. The molecule has 0 spiro atoms. The van der Waals surface area contributed by atoms with Gasteiger partial charge in [0.25, 0.3) is 0 Å². The Morgan fingerprint density at radius 3 is 2.22 bits per heavy atom. The van der Waals surface area contributed by atoms with Crippen molar-refractivity contribution in [2.24, 2.45) is 5.92 Å². The van der Waals surface area contributed by atoms with Crippen LogP contribution in [0.15, 0.2) is 18.2 Å². The molecule has 0 bridgehead atoms. The van der Waals surface area contributed by atoms with Crippen molar-refractivity contribution in [3.8, 4) is 0 Å². The van der Waals surface area contributed by atoms with E-state index >= 15 is 0 Å². The number of nitrogens with one attached hydrogen (secondary N) is 2. The maximum absolute atomic E-state index is 13.7. The van der Waals surface area contributed by atoms with Gasteiger partial charge in [-0.1, -0.05) is 19.9 Å². The first kappa shape index (κ1) is 21.2. The molecule has 0 radical (unpaired) electrons. The minimum atomic E-state index is -0.798. The van der Waals surface area contributed by atoms with E-state index in [2.05, 4.69) is 10.6 Å². The van der Waals surface area contributed by atoms with E-state index < -0.39 is 29.3 Å². The van der Waals surface area contributed by atoms with Gasteiger partial charge in [0.15, 0.2) is 0 Å². The molecule has 1 aromatic carbocycles. The van der Waals surface area contributed by atoms with E-state index in [1.54, 1.807) is 6.92 Å². The van der Waals surface area contributed by atoms with Crippen LogP contribution in [-0.2, 0) is 9.59 Å². The zero-order valence-corrected chi connectivity index (χ0v) is 16.1. The summed E-state index contributed by atoms with van der Waals surface area (Å²) in [6.45, 7) is 9.29. The quantitative estimate of drug-likeness (QED) is 0.753. The number of rotatable bonds is 7. The van der Waals surface area contributed by atoms with Crippen LogP contribution in [0.4, 0.5) is 14.5 Å². The lowest BCUT2D eigenvalue weighted by Crippen LogP contribution is -2.54. The van der Waals surface area contributed by atoms with Crippen molar-refractivity contribution >= 4 is 17.5 Å². The largest absolute Gasteiger partial charge is 0.355 e. The summed E-state index contributed by atoms with van der Waals surface area (Å²) in [6, 6.07) is 2.93. The zero-order valence-electron chi connectivity index (χ0n) is 16.1. The smallest absolute Gasteiger partial charge is 0.241 e. The van der Waals surface area contributed by atoms with Gasteiger partial charge in [0.1, 0.15) is 17.3 Å². The molecular weight excluding hydrogens is 354 g/mol. The number of halogens is 2. The fourth-order valence-electron chi connectivity index (χ4n) is 2.90. The Hall–Kier alpha value is -2.06. The van der Waals surface area contributed by atoms with Crippen molar-refractivity contribution in [2.45, 2.75) is 26.8 Å². The second kappa shape index (κ2) is 9.75. The molecule has 6 nitrogen and oxygen atoms in total. The van der Waals surface area contributed by atoms with Crippen LogP contribution >= 0.6 is 0 Å². The van der Waals surface area contributed by atoms with E-state index in [1.165, 1.54) is 6.07 Å². The molecule has 1 heterocycles. The lowest BCUT2D eigenvalue weighted by atomic mass is 10.2. The van der Waals surface area contributed by atoms with Crippen molar-refractivity contribution in [3.63, 3.8) is 0 Å². The number of anilines is 1. The fourth-order valence-corrected chi connectivity index (χ4v) is 2.90. The summed E-state index contributed by atoms with van der Waals surface area (Å²) in [5.74, 6) is -1.65. The molecule has 150 valence electrons. The van der Waals surface area contributed by atoms with Crippen molar-refractivity contribution in [2.75, 3.05) is 44.6 Å². The van der Waals surface area contributed by atoms with Crippen LogP contribution < -0.4 is 10.6 Å². The van der Waals surface area contributed by atoms with E-state index in [-0.39, 0.29) is 5.91 Å². The molecule has 1 unspecified atom stereocenters. The fraction of sp³-hybridized carbons (Fsp3) is 0.579. The highest BCUT2D eigenvalue weighted by atomic mass is 19.1. The Kier molecular flexibility index (Phi) is 7.67. The summed E-state index contributed by atoms with van der Waals surface area (Å²) in [7, 11) is 0. The molecule has 2 N–H and O–H groups in total. The molecule has 2 rings (SSSR count). The third-order valence-corrected chi connectivity index (χ3v) is 4.62. The molecule has 1 fully saturated rings. The second-order valence-electron chi connectivity index (χ2n) is 7.27. The van der Waals surface area contributed by atoms with Crippen LogP contribution in [0, 0.1) is 17.6 Å². The van der Waals surface area contributed by atoms with Crippen LogP contribution in [0.2, 0.25) is 0 Å². The van der Waals surface area contributed by atoms with Crippen LogP contribution in [-0.4, -0.2) is 66.9 Å². The Morgan fingerprint density at radius 2 is 1.67 bits per heavy atom. The first-order chi connectivity index (χ1) is 12.8. The monoisotopic (exact) mass is 382 g/mol. The van der Waals surface area contributed by atoms with E-state index in [9.17, 15) is 18.4 Å². The van der Waals surface area contributed by atoms with Crippen molar-refractivity contribution < 1.29 is 18.4 Å². The van der Waals surface area contributed by atoms with Crippen molar-refractivity contribution in [1.82, 2.24) is 15.1 Å². The predicted molar refractivity (Wildman–Crippen MR) is 100 cm³/mol. The van der Waals surface area contributed by atoms with E-state index in [4.69, 9.17) is 0 Å². The van der Waals surface area contributed by atoms with Gasteiger partial charge in [-0.3, -0.25) is 19.4 Å². The van der Waals surface area contributed by atoms with Gasteiger partial charge in [-0.2, -0.15) is 0 Å². The average molecular weight is 382 g/mol. The number of hydrogen-bond donors (Lipinski definition) is 2. The van der Waals surface area contributed by atoms with Gasteiger partial charge in [-0.25, -0.2) is 8.78 Å². The third kappa shape index (κ3) is 6.25. The highest BCUT2D eigenvalue weighted by Crippen LogP contribution is 2.19. The van der Waals surface area contributed by atoms with Gasteiger partial charge in [-0.15, -0.1) is 0 Å². The number of amides is 2. The molecule has 8 heteroatoms. The number of nitrogens with zero attached hydrogens (tertiary/aromatic N) is 2. The van der Waals surface area contributed by atoms with Crippen LogP contribution in [0.25, 0.3) is 0 Å². The maximum atomic E-state index is 13.7. The molecule has 0 aliphatic carbocycles. The molecule has 1 aliphatic rings. The number of hydrogen-bond acceptors (Lipinski definition) is 4. The first-order valence-electron chi connectivity index (χ1n) is 9.26. The summed E-state index contributed by atoms with van der Waals surface area (Å²) in [5.41, 5.74) is -0.421. The van der Waals surface area contributed by atoms with Crippen LogP contribution in [0.3, 0.4) is 0 Å². The third-order valence-electron chi connectivity index (χ3n) is 4.62. The van der Waals surface area contributed by atoms with Gasteiger partial charge in [-0.05, 0) is 25.0 Å². The molecule has 1 saturated heterocycles. The van der Waals surface area contributed by atoms with Gasteiger partial charge in [0.2, 0.25) is 11.8 Å². The average Bonchev–Trinajstić information content (AvgIpc) is 2.63. The minimum absolute atomic E-state index is 0.00188.